The monoisotopic (exact) mass is 218 g/mol. The number of fused-ring (bicyclic) bond motifs is 1. The van der Waals surface area contributed by atoms with Crippen molar-refractivity contribution < 1.29 is 0 Å². The molecule has 0 spiro atoms. The highest BCUT2D eigenvalue weighted by Gasteiger charge is 2.14. The predicted molar refractivity (Wildman–Crippen MR) is 62.7 cm³/mol. The lowest BCUT2D eigenvalue weighted by Crippen LogP contribution is -2.20. The molecule has 1 aliphatic heterocycles. The highest BCUT2D eigenvalue weighted by molar-refractivity contribution is 4.98. The summed E-state index contributed by atoms with van der Waals surface area (Å²) >= 11 is 0. The fourth-order valence-electron chi connectivity index (χ4n) is 2.01. The summed E-state index contributed by atoms with van der Waals surface area (Å²) in [6.07, 6.45) is 10.6. The molecule has 0 radical (unpaired) electrons. The minimum Gasteiger partial charge on any atom is -0.314 e. The van der Waals surface area contributed by atoms with Gasteiger partial charge in [-0.3, -0.25) is 0 Å². The van der Waals surface area contributed by atoms with Gasteiger partial charge in [-0.15, -0.1) is 22.5 Å². The average Bonchev–Trinajstić information content (AvgIpc) is 2.73. The Kier molecular flexibility index (Phi) is 3.95. The number of terminal acetylenes is 1. The lowest BCUT2D eigenvalue weighted by atomic mass is 10.2. The van der Waals surface area contributed by atoms with Crippen molar-refractivity contribution in [1.82, 2.24) is 20.1 Å². The van der Waals surface area contributed by atoms with Crippen LogP contribution in [0.15, 0.2) is 0 Å². The quantitative estimate of drug-likeness (QED) is 0.595. The van der Waals surface area contributed by atoms with Gasteiger partial charge in [0.2, 0.25) is 0 Å². The van der Waals surface area contributed by atoms with E-state index < -0.39 is 0 Å². The molecule has 1 aromatic rings. The smallest absolute Gasteiger partial charge is 0.147 e. The zero-order valence-corrected chi connectivity index (χ0v) is 9.58. The van der Waals surface area contributed by atoms with Gasteiger partial charge in [-0.2, -0.15) is 0 Å². The van der Waals surface area contributed by atoms with Gasteiger partial charge in [-0.05, 0) is 25.8 Å². The molecule has 0 bridgehead atoms. The van der Waals surface area contributed by atoms with Gasteiger partial charge in [-0.25, -0.2) is 0 Å². The minimum atomic E-state index is 0.803. The molecule has 0 aromatic carbocycles. The molecular weight excluding hydrogens is 200 g/mol. The number of rotatable bonds is 5. The molecule has 0 aliphatic carbocycles. The number of hydrogen-bond donors (Lipinski definition) is 1. The van der Waals surface area contributed by atoms with Crippen LogP contribution in [0.5, 0.6) is 0 Å². The molecule has 0 atom stereocenters. The Bertz CT molecular complexity index is 375. The number of hydrogen-bond acceptors (Lipinski definition) is 3. The lowest BCUT2D eigenvalue weighted by Gasteiger charge is -2.14. The Morgan fingerprint density at radius 3 is 3.19 bits per heavy atom. The molecule has 86 valence electrons. The Hall–Kier alpha value is -1.34. The minimum absolute atomic E-state index is 0.803. The lowest BCUT2D eigenvalue weighted by molar-refractivity contribution is 0.496. The van der Waals surface area contributed by atoms with Crippen molar-refractivity contribution in [2.45, 2.75) is 45.2 Å². The van der Waals surface area contributed by atoms with E-state index in [1.807, 2.05) is 0 Å². The van der Waals surface area contributed by atoms with Crippen molar-refractivity contribution in [1.29, 1.82) is 0 Å². The van der Waals surface area contributed by atoms with Crippen LogP contribution in [0.4, 0.5) is 0 Å². The zero-order chi connectivity index (χ0) is 11.2. The number of aromatic nitrogens is 3. The molecule has 4 nitrogen and oxygen atoms in total. The van der Waals surface area contributed by atoms with Gasteiger partial charge in [0.25, 0.3) is 0 Å². The van der Waals surface area contributed by atoms with Crippen LogP contribution in [0, 0.1) is 12.3 Å². The maximum absolute atomic E-state index is 5.19. The summed E-state index contributed by atoms with van der Waals surface area (Å²) in [5.74, 6) is 4.85. The van der Waals surface area contributed by atoms with E-state index in [-0.39, 0.29) is 0 Å². The summed E-state index contributed by atoms with van der Waals surface area (Å²) in [5, 5.41) is 11.8. The topological polar surface area (TPSA) is 42.7 Å². The summed E-state index contributed by atoms with van der Waals surface area (Å²) in [4.78, 5) is 0. The molecule has 0 amide bonds. The molecule has 1 aliphatic rings. The molecule has 0 saturated heterocycles. The molecule has 0 unspecified atom stereocenters. The zero-order valence-electron chi connectivity index (χ0n) is 9.58. The van der Waals surface area contributed by atoms with E-state index in [9.17, 15) is 0 Å². The molecule has 2 heterocycles. The van der Waals surface area contributed by atoms with E-state index in [4.69, 9.17) is 6.42 Å². The normalized spacial score (nSPS) is 14.4. The van der Waals surface area contributed by atoms with Gasteiger partial charge in [-0.1, -0.05) is 0 Å². The Morgan fingerprint density at radius 1 is 1.38 bits per heavy atom. The number of unbranched alkanes of at least 4 members (excludes halogenated alkanes) is 1. The molecule has 0 fully saturated rings. The van der Waals surface area contributed by atoms with E-state index >= 15 is 0 Å². The molecule has 4 heteroatoms. The van der Waals surface area contributed by atoms with Gasteiger partial charge in [0.1, 0.15) is 11.6 Å². The van der Waals surface area contributed by atoms with Gasteiger partial charge < -0.3 is 9.88 Å². The Labute approximate surface area is 96.5 Å². The third kappa shape index (κ3) is 2.61. The molecule has 1 aromatic heterocycles. The van der Waals surface area contributed by atoms with Crippen LogP contribution in [0.3, 0.4) is 0 Å². The number of nitrogens with zero attached hydrogens (tertiary/aromatic N) is 3. The van der Waals surface area contributed by atoms with Crippen LogP contribution in [0.2, 0.25) is 0 Å². The maximum atomic E-state index is 5.19. The Morgan fingerprint density at radius 2 is 2.31 bits per heavy atom. The molecule has 1 N–H and O–H groups in total. The summed E-state index contributed by atoms with van der Waals surface area (Å²) < 4.78 is 2.25. The fraction of sp³-hybridized carbons (Fsp3) is 0.667. The van der Waals surface area contributed by atoms with Crippen LogP contribution in [0.25, 0.3) is 0 Å². The van der Waals surface area contributed by atoms with Gasteiger partial charge in [0, 0.05) is 19.4 Å². The van der Waals surface area contributed by atoms with Gasteiger partial charge >= 0.3 is 0 Å². The first-order valence-corrected chi connectivity index (χ1v) is 5.97. The first kappa shape index (κ1) is 11.2. The molecule has 16 heavy (non-hydrogen) atoms. The van der Waals surface area contributed by atoms with Crippen molar-refractivity contribution in [3.63, 3.8) is 0 Å². The highest BCUT2D eigenvalue weighted by atomic mass is 15.3. The second kappa shape index (κ2) is 5.66. The van der Waals surface area contributed by atoms with Crippen molar-refractivity contribution in [3.05, 3.63) is 11.6 Å². The molecular formula is C12H18N4. The van der Waals surface area contributed by atoms with E-state index in [0.717, 1.165) is 50.5 Å². The first-order valence-electron chi connectivity index (χ1n) is 5.97. The standard InChI is InChI=1S/C12H18N4/c1-2-3-5-8-13-10-12-15-14-11-7-4-6-9-16(11)12/h1,13H,3-10H2. The van der Waals surface area contributed by atoms with Crippen molar-refractivity contribution in [2.24, 2.45) is 0 Å². The highest BCUT2D eigenvalue weighted by Crippen LogP contribution is 2.13. The van der Waals surface area contributed by atoms with E-state index in [1.54, 1.807) is 0 Å². The van der Waals surface area contributed by atoms with E-state index in [0.29, 0.717) is 0 Å². The molecule has 2 rings (SSSR count). The fourth-order valence-corrected chi connectivity index (χ4v) is 2.01. The number of nitrogens with one attached hydrogen (secondary N) is 1. The Balaban J connectivity index is 1.81. The average molecular weight is 218 g/mol. The third-order valence-electron chi connectivity index (χ3n) is 2.89. The van der Waals surface area contributed by atoms with Gasteiger partial charge in [0.15, 0.2) is 0 Å². The van der Waals surface area contributed by atoms with Crippen LogP contribution < -0.4 is 5.32 Å². The largest absolute Gasteiger partial charge is 0.314 e. The SMILES string of the molecule is C#CCCCNCc1nnc2n1CCCC2. The third-order valence-corrected chi connectivity index (χ3v) is 2.89. The molecule has 0 saturated carbocycles. The summed E-state index contributed by atoms with van der Waals surface area (Å²) in [6.45, 7) is 2.83. The van der Waals surface area contributed by atoms with Crippen molar-refractivity contribution >= 4 is 0 Å². The van der Waals surface area contributed by atoms with Crippen LogP contribution >= 0.6 is 0 Å². The van der Waals surface area contributed by atoms with Crippen LogP contribution in [0.1, 0.15) is 37.3 Å². The van der Waals surface area contributed by atoms with Crippen LogP contribution in [-0.4, -0.2) is 21.3 Å². The van der Waals surface area contributed by atoms with Crippen molar-refractivity contribution in [3.8, 4) is 12.3 Å². The summed E-state index contributed by atoms with van der Waals surface area (Å²) in [5.41, 5.74) is 0. The van der Waals surface area contributed by atoms with Gasteiger partial charge in [0.05, 0.1) is 6.54 Å². The van der Waals surface area contributed by atoms with E-state index in [1.165, 1.54) is 12.8 Å². The maximum Gasteiger partial charge on any atom is 0.147 e. The summed E-state index contributed by atoms with van der Waals surface area (Å²) in [6, 6.07) is 0. The van der Waals surface area contributed by atoms with Crippen molar-refractivity contribution in [2.75, 3.05) is 6.54 Å². The second-order valence-electron chi connectivity index (χ2n) is 4.13. The summed E-state index contributed by atoms with van der Waals surface area (Å²) in [7, 11) is 0. The second-order valence-corrected chi connectivity index (χ2v) is 4.13. The van der Waals surface area contributed by atoms with Crippen LogP contribution in [-0.2, 0) is 19.5 Å². The predicted octanol–water partition coefficient (Wildman–Crippen LogP) is 1.12. The first-order chi connectivity index (χ1) is 7.92. The van der Waals surface area contributed by atoms with E-state index in [2.05, 4.69) is 26.0 Å². The number of aryl methyl sites for hydroxylation is 1.